The first-order chi connectivity index (χ1) is 11.1. The molecular weight excluding hydrogens is 301 g/mol. The topological polar surface area (TPSA) is 75.4 Å². The van der Waals surface area contributed by atoms with Crippen LogP contribution in [0.25, 0.3) is 0 Å². The van der Waals surface area contributed by atoms with Crippen LogP contribution in [0.4, 0.5) is 10.2 Å². The molecule has 1 aliphatic heterocycles. The normalized spacial score (nSPS) is 21.3. The van der Waals surface area contributed by atoms with Gasteiger partial charge >= 0.3 is 0 Å². The number of hydrogen-bond acceptors (Lipinski definition) is 4. The van der Waals surface area contributed by atoms with Crippen molar-refractivity contribution in [2.75, 3.05) is 12.4 Å². The fourth-order valence-electron chi connectivity index (χ4n) is 2.95. The molecule has 2 aromatic rings. The third-order valence-electron chi connectivity index (χ3n) is 4.11. The Bertz CT molecular complexity index is 717. The van der Waals surface area contributed by atoms with Crippen molar-refractivity contribution >= 4 is 17.6 Å². The third kappa shape index (κ3) is 2.94. The molecule has 2 atom stereocenters. The summed E-state index contributed by atoms with van der Waals surface area (Å²) >= 11 is 0. The number of halogens is 1. The minimum absolute atomic E-state index is 0.108. The van der Waals surface area contributed by atoms with E-state index in [2.05, 4.69) is 15.0 Å². The number of benzene rings is 1. The number of hydrogen-bond donors (Lipinski definition) is 1. The van der Waals surface area contributed by atoms with Crippen molar-refractivity contribution < 1.29 is 18.5 Å². The molecule has 2 amide bonds. The fraction of sp³-hybridized carbons (Fsp3) is 0.312. The van der Waals surface area contributed by atoms with Crippen molar-refractivity contribution in [3.63, 3.8) is 0 Å². The van der Waals surface area contributed by atoms with Crippen LogP contribution in [0.5, 0.6) is 0 Å². The Morgan fingerprint density at radius 3 is 2.87 bits per heavy atom. The molecular formula is C16H16FN3O3. The molecule has 0 aliphatic carbocycles. The number of likely N-dealkylation sites (tertiary alicyclic amines) is 1. The van der Waals surface area contributed by atoms with Gasteiger partial charge in [-0.25, -0.2) is 4.39 Å². The average molecular weight is 317 g/mol. The number of carbonyl (C=O) groups is 2. The summed E-state index contributed by atoms with van der Waals surface area (Å²) in [6.07, 6.45) is 1.95. The van der Waals surface area contributed by atoms with E-state index in [-0.39, 0.29) is 18.2 Å². The molecule has 0 radical (unpaired) electrons. The summed E-state index contributed by atoms with van der Waals surface area (Å²) in [5.41, 5.74) is 0.336. The summed E-state index contributed by atoms with van der Waals surface area (Å²) in [4.78, 5) is 26.0. The third-order valence-corrected chi connectivity index (χ3v) is 4.11. The fourth-order valence-corrected chi connectivity index (χ4v) is 2.95. The summed E-state index contributed by atoms with van der Waals surface area (Å²) < 4.78 is 18.9. The van der Waals surface area contributed by atoms with Gasteiger partial charge in [0.05, 0.1) is 12.0 Å². The lowest BCUT2D eigenvalue weighted by Gasteiger charge is -2.38. The summed E-state index contributed by atoms with van der Waals surface area (Å²) in [5, 5.41) is 6.28. The summed E-state index contributed by atoms with van der Waals surface area (Å²) in [6.45, 7) is 0. The van der Waals surface area contributed by atoms with Gasteiger partial charge in [-0.1, -0.05) is 23.4 Å². The van der Waals surface area contributed by atoms with E-state index in [1.165, 1.54) is 23.3 Å². The minimum Gasteiger partial charge on any atom is -0.363 e. The molecule has 120 valence electrons. The molecule has 0 spiro atoms. The smallest absolute Gasteiger partial charge is 0.231 e. The van der Waals surface area contributed by atoms with Crippen molar-refractivity contribution in [1.29, 1.82) is 0 Å². The number of rotatable bonds is 3. The molecule has 23 heavy (non-hydrogen) atoms. The molecule has 1 fully saturated rings. The van der Waals surface area contributed by atoms with Crippen LogP contribution in [0.15, 0.2) is 41.1 Å². The van der Waals surface area contributed by atoms with Crippen LogP contribution in [0.3, 0.4) is 0 Å². The van der Waals surface area contributed by atoms with E-state index < -0.39 is 17.8 Å². The van der Waals surface area contributed by atoms with Crippen molar-refractivity contribution in [1.82, 2.24) is 10.1 Å². The van der Waals surface area contributed by atoms with E-state index in [0.29, 0.717) is 17.8 Å². The Morgan fingerprint density at radius 1 is 1.39 bits per heavy atom. The van der Waals surface area contributed by atoms with Crippen LogP contribution in [-0.4, -0.2) is 28.9 Å². The lowest BCUT2D eigenvalue weighted by molar-refractivity contribution is -0.140. The zero-order valence-electron chi connectivity index (χ0n) is 12.5. The molecule has 6 nitrogen and oxygen atoms in total. The zero-order valence-corrected chi connectivity index (χ0v) is 12.5. The van der Waals surface area contributed by atoms with E-state index in [4.69, 9.17) is 0 Å². The number of amides is 2. The Labute approximate surface area is 132 Å². The summed E-state index contributed by atoms with van der Waals surface area (Å²) in [7, 11) is 1.59. The van der Waals surface area contributed by atoms with Gasteiger partial charge in [-0.3, -0.25) is 9.59 Å². The Hall–Kier alpha value is -2.70. The van der Waals surface area contributed by atoms with Gasteiger partial charge in [0.15, 0.2) is 5.82 Å². The predicted octanol–water partition coefficient (Wildman–Crippen LogP) is 2.36. The van der Waals surface area contributed by atoms with Gasteiger partial charge in [0.25, 0.3) is 0 Å². The van der Waals surface area contributed by atoms with Gasteiger partial charge in [0.2, 0.25) is 11.8 Å². The summed E-state index contributed by atoms with van der Waals surface area (Å²) in [5.74, 6) is -1.12. The molecule has 1 N–H and O–H groups in total. The number of anilines is 1. The lowest BCUT2D eigenvalue weighted by Crippen LogP contribution is -2.44. The number of piperidine rings is 1. The predicted molar refractivity (Wildman–Crippen MR) is 79.8 cm³/mol. The molecule has 2 heterocycles. The highest BCUT2D eigenvalue weighted by Crippen LogP contribution is 2.37. The van der Waals surface area contributed by atoms with E-state index in [9.17, 15) is 14.0 Å². The maximum atomic E-state index is 14.2. The van der Waals surface area contributed by atoms with E-state index in [1.807, 2.05) is 0 Å². The maximum Gasteiger partial charge on any atom is 0.231 e. The van der Waals surface area contributed by atoms with Gasteiger partial charge in [-0.05, 0) is 12.5 Å². The van der Waals surface area contributed by atoms with Crippen LogP contribution < -0.4 is 5.32 Å². The minimum atomic E-state index is -0.649. The highest BCUT2D eigenvalue weighted by atomic mass is 19.1. The number of carbonyl (C=O) groups excluding carboxylic acids is 2. The number of aromatic nitrogens is 1. The highest BCUT2D eigenvalue weighted by molar-refractivity contribution is 5.93. The van der Waals surface area contributed by atoms with Crippen molar-refractivity contribution in [3.8, 4) is 0 Å². The van der Waals surface area contributed by atoms with Crippen LogP contribution >= 0.6 is 0 Å². The second-order valence-electron chi connectivity index (χ2n) is 5.49. The van der Waals surface area contributed by atoms with Gasteiger partial charge < -0.3 is 14.7 Å². The molecule has 1 aliphatic rings. The van der Waals surface area contributed by atoms with Gasteiger partial charge in [-0.2, -0.15) is 0 Å². The Kier molecular flexibility index (Phi) is 4.10. The number of nitrogens with one attached hydrogen (secondary N) is 1. The van der Waals surface area contributed by atoms with Gasteiger partial charge in [0, 0.05) is 25.1 Å². The standard InChI is InChI=1S/C16H16FN3O3/c1-20-14(21)7-6-11(16(22)18-13-8-9-23-19-13)15(20)10-4-2-3-5-12(10)17/h2-5,8-9,11,15H,6-7H2,1H3,(H,18,19,22)/t11-,15+/m0/s1. The first kappa shape index (κ1) is 15.2. The average Bonchev–Trinajstić information content (AvgIpc) is 3.03. The van der Waals surface area contributed by atoms with E-state index >= 15 is 0 Å². The van der Waals surface area contributed by atoms with Crippen LogP contribution in [0, 0.1) is 11.7 Å². The second-order valence-corrected chi connectivity index (χ2v) is 5.49. The Morgan fingerprint density at radius 2 is 2.17 bits per heavy atom. The monoisotopic (exact) mass is 317 g/mol. The van der Waals surface area contributed by atoms with Crippen molar-refractivity contribution in [2.45, 2.75) is 18.9 Å². The molecule has 0 unspecified atom stereocenters. The number of nitrogens with zero attached hydrogens (tertiary/aromatic N) is 2. The summed E-state index contributed by atoms with van der Waals surface area (Å²) in [6, 6.07) is 7.07. The van der Waals surface area contributed by atoms with E-state index in [0.717, 1.165) is 0 Å². The van der Waals surface area contributed by atoms with Gasteiger partial charge in [0.1, 0.15) is 12.1 Å². The Balaban J connectivity index is 1.91. The first-order valence-electron chi connectivity index (χ1n) is 7.29. The molecule has 1 saturated heterocycles. The molecule has 1 aromatic heterocycles. The van der Waals surface area contributed by atoms with Crippen LogP contribution in [0.2, 0.25) is 0 Å². The molecule has 0 bridgehead atoms. The second kappa shape index (κ2) is 6.20. The quantitative estimate of drug-likeness (QED) is 0.943. The van der Waals surface area contributed by atoms with Crippen molar-refractivity contribution in [3.05, 3.63) is 48.0 Å². The van der Waals surface area contributed by atoms with Crippen molar-refractivity contribution in [2.24, 2.45) is 5.92 Å². The first-order valence-corrected chi connectivity index (χ1v) is 7.29. The van der Waals surface area contributed by atoms with E-state index in [1.54, 1.807) is 25.2 Å². The molecule has 1 aromatic carbocycles. The molecule has 0 saturated carbocycles. The molecule has 7 heteroatoms. The maximum absolute atomic E-state index is 14.2. The van der Waals surface area contributed by atoms with Gasteiger partial charge in [-0.15, -0.1) is 0 Å². The lowest BCUT2D eigenvalue weighted by atomic mass is 9.83. The SMILES string of the molecule is CN1C(=O)CC[C@H](C(=O)Nc2ccon2)[C@H]1c1ccccc1F. The van der Waals surface area contributed by atoms with Crippen LogP contribution in [0.1, 0.15) is 24.4 Å². The largest absolute Gasteiger partial charge is 0.363 e. The highest BCUT2D eigenvalue weighted by Gasteiger charge is 2.40. The zero-order chi connectivity index (χ0) is 16.4. The van der Waals surface area contributed by atoms with Crippen LogP contribution in [-0.2, 0) is 9.59 Å². The molecule has 3 rings (SSSR count).